The van der Waals surface area contributed by atoms with Gasteiger partial charge in [0, 0.05) is 6.61 Å². The molecule has 0 aromatic heterocycles. The van der Waals surface area contributed by atoms with Crippen molar-refractivity contribution in [1.29, 1.82) is 0 Å². The molecule has 0 aliphatic heterocycles. The van der Waals surface area contributed by atoms with E-state index in [1.807, 2.05) is 19.1 Å². The molecule has 0 aliphatic rings. The molecule has 0 radical (unpaired) electrons. The minimum Gasteiger partial charge on any atom is -0.493 e. The maximum Gasteiger partial charge on any atom is 0.160 e. The van der Waals surface area contributed by atoms with Crippen LogP contribution in [0.15, 0.2) is 18.2 Å². The minimum atomic E-state index is 0.239. The second-order valence-corrected chi connectivity index (χ2v) is 4.78. The summed E-state index contributed by atoms with van der Waals surface area (Å²) in [5.41, 5.74) is 1.25. The lowest BCUT2D eigenvalue weighted by Gasteiger charge is -2.11. The molecule has 1 rings (SSSR count). The molecule has 0 saturated heterocycles. The summed E-state index contributed by atoms with van der Waals surface area (Å²) in [7, 11) is 3.29. The number of hydrogen-bond acceptors (Lipinski definition) is 4. The van der Waals surface area contributed by atoms with Crippen LogP contribution >= 0.6 is 0 Å². The number of ether oxygens (including phenoxy) is 2. The van der Waals surface area contributed by atoms with Gasteiger partial charge in [-0.3, -0.25) is 0 Å². The number of nitrogens with one attached hydrogen (secondary N) is 1. The summed E-state index contributed by atoms with van der Waals surface area (Å²) in [6.07, 6.45) is 2.06. The predicted molar refractivity (Wildman–Crippen MR) is 77.0 cm³/mol. The van der Waals surface area contributed by atoms with Crippen LogP contribution in [-0.2, 0) is 6.42 Å². The average molecular weight is 267 g/mol. The van der Waals surface area contributed by atoms with E-state index in [0.29, 0.717) is 5.92 Å². The van der Waals surface area contributed by atoms with Crippen molar-refractivity contribution in [1.82, 2.24) is 5.32 Å². The molecule has 1 aromatic carbocycles. The van der Waals surface area contributed by atoms with Crippen molar-refractivity contribution >= 4 is 0 Å². The molecule has 0 saturated carbocycles. The van der Waals surface area contributed by atoms with Crippen molar-refractivity contribution in [3.63, 3.8) is 0 Å². The molecule has 1 atom stereocenters. The van der Waals surface area contributed by atoms with Gasteiger partial charge in [0.2, 0.25) is 0 Å². The molecule has 0 aliphatic carbocycles. The summed E-state index contributed by atoms with van der Waals surface area (Å²) >= 11 is 0. The third-order valence-corrected chi connectivity index (χ3v) is 3.07. The molecule has 0 fully saturated rings. The van der Waals surface area contributed by atoms with Crippen molar-refractivity contribution in [2.75, 3.05) is 33.9 Å². The topological polar surface area (TPSA) is 50.7 Å². The van der Waals surface area contributed by atoms with Crippen LogP contribution < -0.4 is 14.8 Å². The Hall–Kier alpha value is -1.26. The van der Waals surface area contributed by atoms with Crippen molar-refractivity contribution in [2.24, 2.45) is 5.92 Å². The highest BCUT2D eigenvalue weighted by Gasteiger charge is 2.04. The Kier molecular flexibility index (Phi) is 7.30. The molecule has 19 heavy (non-hydrogen) atoms. The number of rotatable bonds is 9. The second kappa shape index (κ2) is 8.77. The van der Waals surface area contributed by atoms with Crippen LogP contribution in [-0.4, -0.2) is 39.0 Å². The van der Waals surface area contributed by atoms with E-state index >= 15 is 0 Å². The molecule has 4 heteroatoms. The highest BCUT2D eigenvalue weighted by Crippen LogP contribution is 2.27. The van der Waals surface area contributed by atoms with Gasteiger partial charge in [-0.15, -0.1) is 0 Å². The number of hydrogen-bond donors (Lipinski definition) is 2. The van der Waals surface area contributed by atoms with Gasteiger partial charge in [0.1, 0.15) is 0 Å². The molecule has 108 valence electrons. The van der Waals surface area contributed by atoms with E-state index in [0.717, 1.165) is 37.4 Å². The van der Waals surface area contributed by atoms with E-state index in [9.17, 15) is 0 Å². The summed E-state index contributed by atoms with van der Waals surface area (Å²) in [6, 6.07) is 6.03. The van der Waals surface area contributed by atoms with E-state index in [1.54, 1.807) is 14.2 Å². The largest absolute Gasteiger partial charge is 0.493 e. The van der Waals surface area contributed by atoms with Gasteiger partial charge in [-0.25, -0.2) is 0 Å². The molecule has 1 aromatic rings. The van der Waals surface area contributed by atoms with Gasteiger partial charge < -0.3 is 19.9 Å². The van der Waals surface area contributed by atoms with Gasteiger partial charge in [-0.2, -0.15) is 0 Å². The third kappa shape index (κ3) is 5.49. The van der Waals surface area contributed by atoms with Gasteiger partial charge in [0.05, 0.1) is 14.2 Å². The van der Waals surface area contributed by atoms with Crippen LogP contribution in [0.5, 0.6) is 11.5 Å². The normalized spacial score (nSPS) is 12.2. The number of aliphatic hydroxyl groups is 1. The molecule has 0 bridgehead atoms. The highest BCUT2D eigenvalue weighted by molar-refractivity contribution is 5.42. The lowest BCUT2D eigenvalue weighted by molar-refractivity contribution is 0.234. The number of aliphatic hydroxyl groups excluding tert-OH is 1. The summed E-state index contributed by atoms with van der Waals surface area (Å²) < 4.78 is 10.5. The van der Waals surface area contributed by atoms with Gasteiger partial charge in [0.25, 0.3) is 0 Å². The molecule has 0 heterocycles. The lowest BCUT2D eigenvalue weighted by atomic mass is 10.1. The summed E-state index contributed by atoms with van der Waals surface area (Å²) in [5, 5.41) is 12.3. The van der Waals surface area contributed by atoms with Crippen molar-refractivity contribution in [3.8, 4) is 11.5 Å². The van der Waals surface area contributed by atoms with Crippen molar-refractivity contribution < 1.29 is 14.6 Å². The van der Waals surface area contributed by atoms with Gasteiger partial charge in [-0.1, -0.05) is 13.0 Å². The van der Waals surface area contributed by atoms with E-state index in [4.69, 9.17) is 14.6 Å². The molecule has 0 unspecified atom stereocenters. The SMILES string of the molecule is COc1ccc(CCCNC[C@@H](C)CO)cc1OC. The molecular formula is C15H25NO3. The number of methoxy groups -OCH3 is 2. The first-order chi connectivity index (χ1) is 9.21. The zero-order chi connectivity index (χ0) is 14.1. The van der Waals surface area contributed by atoms with E-state index in [-0.39, 0.29) is 6.61 Å². The molecule has 0 amide bonds. The van der Waals surface area contributed by atoms with E-state index in [1.165, 1.54) is 5.56 Å². The van der Waals surface area contributed by atoms with Crippen molar-refractivity contribution in [2.45, 2.75) is 19.8 Å². The first kappa shape index (κ1) is 15.8. The third-order valence-electron chi connectivity index (χ3n) is 3.07. The highest BCUT2D eigenvalue weighted by atomic mass is 16.5. The molecule has 4 nitrogen and oxygen atoms in total. The van der Waals surface area contributed by atoms with Crippen LogP contribution in [0.3, 0.4) is 0 Å². The van der Waals surface area contributed by atoms with E-state index < -0.39 is 0 Å². The summed E-state index contributed by atoms with van der Waals surface area (Å²) in [5.74, 6) is 1.86. The predicted octanol–water partition coefficient (Wildman–Crippen LogP) is 1.85. The van der Waals surface area contributed by atoms with Crippen LogP contribution in [0, 0.1) is 5.92 Å². The van der Waals surface area contributed by atoms with Crippen LogP contribution in [0.25, 0.3) is 0 Å². The monoisotopic (exact) mass is 267 g/mol. The van der Waals surface area contributed by atoms with Crippen LogP contribution in [0.4, 0.5) is 0 Å². The Bertz CT molecular complexity index is 368. The number of benzene rings is 1. The van der Waals surface area contributed by atoms with Gasteiger partial charge in [-0.05, 0) is 49.5 Å². The summed E-state index contributed by atoms with van der Waals surface area (Å²) in [4.78, 5) is 0. The Morgan fingerprint density at radius 1 is 1.21 bits per heavy atom. The minimum absolute atomic E-state index is 0.239. The Labute approximate surface area is 115 Å². The van der Waals surface area contributed by atoms with Gasteiger partial charge >= 0.3 is 0 Å². The first-order valence-corrected chi connectivity index (χ1v) is 6.73. The first-order valence-electron chi connectivity index (χ1n) is 6.73. The Morgan fingerprint density at radius 3 is 2.58 bits per heavy atom. The Balaban J connectivity index is 2.33. The quantitative estimate of drug-likeness (QED) is 0.671. The standard InChI is InChI=1S/C15H25NO3/c1-12(11-17)10-16-8-4-5-13-6-7-14(18-2)15(9-13)19-3/h6-7,9,12,16-17H,4-5,8,10-11H2,1-3H3/t12-/m1/s1. The molecule has 2 N–H and O–H groups in total. The zero-order valence-corrected chi connectivity index (χ0v) is 12.1. The lowest BCUT2D eigenvalue weighted by Crippen LogP contribution is -2.24. The summed E-state index contributed by atoms with van der Waals surface area (Å²) in [6.45, 7) is 4.09. The molecule has 0 spiro atoms. The molecular weight excluding hydrogens is 242 g/mol. The maximum atomic E-state index is 8.91. The maximum absolute atomic E-state index is 8.91. The van der Waals surface area contributed by atoms with Gasteiger partial charge in [0.15, 0.2) is 11.5 Å². The zero-order valence-electron chi connectivity index (χ0n) is 12.1. The Morgan fingerprint density at radius 2 is 1.95 bits per heavy atom. The smallest absolute Gasteiger partial charge is 0.160 e. The fourth-order valence-electron chi connectivity index (χ4n) is 1.87. The second-order valence-electron chi connectivity index (χ2n) is 4.78. The van der Waals surface area contributed by atoms with Crippen LogP contribution in [0.1, 0.15) is 18.9 Å². The fourth-order valence-corrected chi connectivity index (χ4v) is 1.87. The number of aryl methyl sites for hydroxylation is 1. The average Bonchev–Trinajstić information content (AvgIpc) is 2.46. The fraction of sp³-hybridized carbons (Fsp3) is 0.600. The van der Waals surface area contributed by atoms with Crippen LogP contribution in [0.2, 0.25) is 0 Å². The van der Waals surface area contributed by atoms with E-state index in [2.05, 4.69) is 11.4 Å². The van der Waals surface area contributed by atoms with Crippen molar-refractivity contribution in [3.05, 3.63) is 23.8 Å².